The van der Waals surface area contributed by atoms with Crippen LogP contribution < -0.4 is 14.8 Å². The monoisotopic (exact) mass is 498 g/mol. The molecule has 10 heteroatoms. The first-order valence-electron chi connectivity index (χ1n) is 11.0. The van der Waals surface area contributed by atoms with Gasteiger partial charge in [-0.2, -0.15) is 18.3 Å². The molecule has 0 aliphatic rings. The molecule has 0 unspecified atom stereocenters. The molecule has 1 amide bonds. The number of alkyl halides is 3. The SMILES string of the molecule is COc1ccc(-c2cc(C(F)(F)F)n3ncc(C(=O)Nc4ccc(C(C)(C)C)cc4)c3n2)cc1OC. The molecular formula is C26H25F3N4O3. The fourth-order valence-corrected chi connectivity index (χ4v) is 3.72. The van der Waals surface area contributed by atoms with E-state index in [1.807, 2.05) is 12.1 Å². The molecule has 0 saturated heterocycles. The molecule has 188 valence electrons. The van der Waals surface area contributed by atoms with E-state index in [9.17, 15) is 18.0 Å². The van der Waals surface area contributed by atoms with Crippen molar-refractivity contribution < 1.29 is 27.4 Å². The molecule has 7 nitrogen and oxygen atoms in total. The maximum absolute atomic E-state index is 13.9. The van der Waals surface area contributed by atoms with Crippen molar-refractivity contribution in [2.75, 3.05) is 19.5 Å². The lowest BCUT2D eigenvalue weighted by molar-refractivity contribution is -0.142. The normalized spacial score (nSPS) is 12.0. The van der Waals surface area contributed by atoms with E-state index in [1.54, 1.807) is 24.3 Å². The molecule has 0 aliphatic carbocycles. The van der Waals surface area contributed by atoms with Gasteiger partial charge in [-0.15, -0.1) is 0 Å². The zero-order valence-electron chi connectivity index (χ0n) is 20.4. The van der Waals surface area contributed by atoms with Crippen LogP contribution in [0.15, 0.2) is 54.7 Å². The molecule has 0 bridgehead atoms. The summed E-state index contributed by atoms with van der Waals surface area (Å²) in [4.78, 5) is 17.4. The van der Waals surface area contributed by atoms with E-state index >= 15 is 0 Å². The molecular weight excluding hydrogens is 473 g/mol. The van der Waals surface area contributed by atoms with Crippen molar-refractivity contribution >= 4 is 17.2 Å². The minimum atomic E-state index is -4.74. The fraction of sp³-hybridized carbons (Fsp3) is 0.269. The van der Waals surface area contributed by atoms with Crippen LogP contribution in [0, 0.1) is 0 Å². The van der Waals surface area contributed by atoms with E-state index in [-0.39, 0.29) is 22.3 Å². The number of nitrogens with one attached hydrogen (secondary N) is 1. The van der Waals surface area contributed by atoms with Gasteiger partial charge in [0.05, 0.1) is 26.1 Å². The van der Waals surface area contributed by atoms with Gasteiger partial charge in [-0.25, -0.2) is 9.50 Å². The first-order chi connectivity index (χ1) is 16.9. The Morgan fingerprint density at radius 2 is 1.61 bits per heavy atom. The van der Waals surface area contributed by atoms with Gasteiger partial charge in [-0.05, 0) is 47.4 Å². The topological polar surface area (TPSA) is 77.8 Å². The summed E-state index contributed by atoms with van der Waals surface area (Å²) in [6.07, 6.45) is -3.66. The average Bonchev–Trinajstić information content (AvgIpc) is 3.26. The van der Waals surface area contributed by atoms with E-state index in [4.69, 9.17) is 9.47 Å². The Morgan fingerprint density at radius 3 is 2.19 bits per heavy atom. The number of halogens is 3. The summed E-state index contributed by atoms with van der Waals surface area (Å²) in [5.74, 6) is 0.120. The number of carbonyl (C=O) groups is 1. The molecule has 0 saturated carbocycles. The van der Waals surface area contributed by atoms with E-state index in [0.717, 1.165) is 17.8 Å². The van der Waals surface area contributed by atoms with Gasteiger partial charge < -0.3 is 14.8 Å². The van der Waals surface area contributed by atoms with Crippen LogP contribution in [0.5, 0.6) is 11.5 Å². The summed E-state index contributed by atoms with van der Waals surface area (Å²) in [6, 6.07) is 12.8. The number of nitrogens with zero attached hydrogens (tertiary/aromatic N) is 3. The number of aromatic nitrogens is 3. The van der Waals surface area contributed by atoms with E-state index in [2.05, 4.69) is 36.2 Å². The van der Waals surface area contributed by atoms with Crippen molar-refractivity contribution in [3.63, 3.8) is 0 Å². The number of fused-ring (bicyclic) bond motifs is 1. The van der Waals surface area contributed by atoms with Gasteiger partial charge in [-0.1, -0.05) is 32.9 Å². The Kier molecular flexibility index (Phi) is 6.38. The van der Waals surface area contributed by atoms with E-state index in [1.165, 1.54) is 20.3 Å². The number of hydrogen-bond acceptors (Lipinski definition) is 5. The van der Waals surface area contributed by atoms with Crippen molar-refractivity contribution in [3.8, 4) is 22.8 Å². The summed E-state index contributed by atoms with van der Waals surface area (Å²) >= 11 is 0. The first-order valence-corrected chi connectivity index (χ1v) is 11.0. The quantitative estimate of drug-likeness (QED) is 0.366. The van der Waals surface area contributed by atoms with Crippen LogP contribution in [-0.4, -0.2) is 34.7 Å². The number of amides is 1. The van der Waals surface area contributed by atoms with Gasteiger partial charge in [-0.3, -0.25) is 4.79 Å². The molecule has 0 fully saturated rings. The Labute approximate surface area is 205 Å². The lowest BCUT2D eigenvalue weighted by Gasteiger charge is -2.19. The number of rotatable bonds is 5. The predicted octanol–water partition coefficient (Wildman–Crippen LogP) is 5.98. The second-order valence-corrected chi connectivity index (χ2v) is 9.17. The summed E-state index contributed by atoms with van der Waals surface area (Å²) in [7, 11) is 2.88. The second kappa shape index (κ2) is 9.18. The number of methoxy groups -OCH3 is 2. The molecule has 4 aromatic rings. The fourth-order valence-electron chi connectivity index (χ4n) is 3.72. The van der Waals surface area contributed by atoms with Crippen molar-refractivity contribution in [1.82, 2.24) is 14.6 Å². The predicted molar refractivity (Wildman–Crippen MR) is 130 cm³/mol. The second-order valence-electron chi connectivity index (χ2n) is 9.17. The number of ether oxygens (including phenoxy) is 2. The highest BCUT2D eigenvalue weighted by atomic mass is 19.4. The molecule has 36 heavy (non-hydrogen) atoms. The van der Waals surface area contributed by atoms with Gasteiger partial charge in [0.2, 0.25) is 0 Å². The molecule has 4 rings (SSSR count). The summed E-state index contributed by atoms with van der Waals surface area (Å²) in [6.45, 7) is 6.21. The minimum Gasteiger partial charge on any atom is -0.493 e. The third-order valence-corrected chi connectivity index (χ3v) is 5.69. The van der Waals surface area contributed by atoms with Gasteiger partial charge in [0.15, 0.2) is 22.8 Å². The van der Waals surface area contributed by atoms with Crippen LogP contribution in [0.1, 0.15) is 42.4 Å². The minimum absolute atomic E-state index is 0.000131. The largest absolute Gasteiger partial charge is 0.493 e. The van der Waals surface area contributed by atoms with Crippen molar-refractivity contribution in [1.29, 1.82) is 0 Å². The average molecular weight is 499 g/mol. The van der Waals surface area contributed by atoms with Crippen LogP contribution in [0.2, 0.25) is 0 Å². The Morgan fingerprint density at radius 1 is 0.944 bits per heavy atom. The van der Waals surface area contributed by atoms with Crippen LogP contribution in [0.25, 0.3) is 16.9 Å². The first kappa shape index (κ1) is 25.0. The van der Waals surface area contributed by atoms with Gasteiger partial charge >= 0.3 is 6.18 Å². The van der Waals surface area contributed by atoms with Crippen LogP contribution in [-0.2, 0) is 11.6 Å². The van der Waals surface area contributed by atoms with Crippen LogP contribution in [0.3, 0.4) is 0 Å². The highest BCUT2D eigenvalue weighted by Crippen LogP contribution is 2.36. The maximum Gasteiger partial charge on any atom is 0.433 e. The van der Waals surface area contributed by atoms with E-state index < -0.39 is 17.8 Å². The molecule has 2 aromatic carbocycles. The molecule has 2 aromatic heterocycles. The highest BCUT2D eigenvalue weighted by molar-refractivity contribution is 6.08. The Hall–Kier alpha value is -4.08. The summed E-state index contributed by atoms with van der Waals surface area (Å²) in [5, 5.41) is 6.53. The molecule has 1 N–H and O–H groups in total. The molecule has 0 radical (unpaired) electrons. The Bertz CT molecular complexity index is 1420. The zero-order valence-corrected chi connectivity index (χ0v) is 20.4. The van der Waals surface area contributed by atoms with Crippen molar-refractivity contribution in [2.24, 2.45) is 0 Å². The smallest absolute Gasteiger partial charge is 0.433 e. The van der Waals surface area contributed by atoms with Crippen molar-refractivity contribution in [3.05, 3.63) is 71.5 Å². The third-order valence-electron chi connectivity index (χ3n) is 5.69. The molecule has 2 heterocycles. The number of carbonyl (C=O) groups excluding carboxylic acids is 1. The van der Waals surface area contributed by atoms with Crippen molar-refractivity contribution in [2.45, 2.75) is 32.4 Å². The van der Waals surface area contributed by atoms with Gasteiger partial charge in [0.1, 0.15) is 5.56 Å². The lowest BCUT2D eigenvalue weighted by Crippen LogP contribution is -2.16. The number of benzene rings is 2. The highest BCUT2D eigenvalue weighted by Gasteiger charge is 2.36. The molecule has 0 spiro atoms. The summed E-state index contributed by atoms with van der Waals surface area (Å²) in [5.41, 5.74) is 0.480. The lowest BCUT2D eigenvalue weighted by atomic mass is 9.87. The molecule has 0 atom stereocenters. The number of hydrogen-bond donors (Lipinski definition) is 1. The Balaban J connectivity index is 1.78. The van der Waals surface area contributed by atoms with Crippen LogP contribution in [0.4, 0.5) is 18.9 Å². The van der Waals surface area contributed by atoms with Gasteiger partial charge in [0.25, 0.3) is 5.91 Å². The van der Waals surface area contributed by atoms with Gasteiger partial charge in [0, 0.05) is 11.3 Å². The number of anilines is 1. The zero-order chi connectivity index (χ0) is 26.3. The third kappa shape index (κ3) is 4.84. The standard InChI is InChI=1S/C26H25F3N4O3/c1-25(2,3)16-7-9-17(10-8-16)31-24(34)18-14-30-33-22(26(27,28)29)13-19(32-23(18)33)15-6-11-20(35-4)21(12-15)36-5/h6-14H,1-5H3,(H,31,34). The summed E-state index contributed by atoms with van der Waals surface area (Å²) < 4.78 is 52.9. The maximum atomic E-state index is 13.9. The van der Waals surface area contributed by atoms with Crippen LogP contribution >= 0.6 is 0 Å². The molecule has 0 aliphatic heterocycles. The van der Waals surface area contributed by atoms with E-state index in [0.29, 0.717) is 27.3 Å².